The first-order chi connectivity index (χ1) is 7.20. The molecule has 1 N–H and O–H groups in total. The van der Waals surface area contributed by atoms with Crippen LogP contribution in [0.15, 0.2) is 18.2 Å². The molecule has 15 heavy (non-hydrogen) atoms. The van der Waals surface area contributed by atoms with Crippen LogP contribution in [0.2, 0.25) is 0 Å². The Kier molecular flexibility index (Phi) is 2.73. The van der Waals surface area contributed by atoms with Crippen LogP contribution in [0.4, 0.5) is 5.69 Å². The number of amides is 1. The average Bonchev–Trinajstić information content (AvgIpc) is 2.20. The molecule has 1 amide bonds. The maximum atomic E-state index is 11.8. The highest BCUT2D eigenvalue weighted by atomic mass is 16.2. The highest BCUT2D eigenvalue weighted by molar-refractivity contribution is 5.96. The van der Waals surface area contributed by atoms with E-state index in [-0.39, 0.29) is 5.91 Å². The number of benzene rings is 1. The van der Waals surface area contributed by atoms with Crippen molar-refractivity contribution in [1.29, 1.82) is 0 Å². The van der Waals surface area contributed by atoms with Gasteiger partial charge in [-0.2, -0.15) is 0 Å². The summed E-state index contributed by atoms with van der Waals surface area (Å²) in [5.41, 5.74) is 3.43. The predicted molar refractivity (Wildman–Crippen MR) is 61.1 cm³/mol. The summed E-state index contributed by atoms with van der Waals surface area (Å²) in [7, 11) is 0. The van der Waals surface area contributed by atoms with Crippen molar-refractivity contribution in [2.45, 2.75) is 13.8 Å². The monoisotopic (exact) mass is 204 g/mol. The number of aryl methyl sites for hydroxylation is 2. The molecule has 0 aliphatic carbocycles. The van der Waals surface area contributed by atoms with Crippen molar-refractivity contribution in [1.82, 2.24) is 5.32 Å². The standard InChI is InChI=1S/C12H16N2O/c1-9-4-3-5-10(2)12(9)14-7-6-13-8-11(14)15/h3-5,13H,6-8H2,1-2H3. The number of anilines is 1. The summed E-state index contributed by atoms with van der Waals surface area (Å²) in [4.78, 5) is 13.7. The number of hydrogen-bond acceptors (Lipinski definition) is 2. The lowest BCUT2D eigenvalue weighted by molar-refractivity contribution is -0.118. The fourth-order valence-electron chi connectivity index (χ4n) is 2.07. The van der Waals surface area contributed by atoms with E-state index in [1.807, 2.05) is 11.0 Å². The van der Waals surface area contributed by atoms with Crippen LogP contribution in [0.3, 0.4) is 0 Å². The van der Waals surface area contributed by atoms with Gasteiger partial charge < -0.3 is 10.2 Å². The zero-order chi connectivity index (χ0) is 10.8. The van der Waals surface area contributed by atoms with Gasteiger partial charge in [0.1, 0.15) is 0 Å². The van der Waals surface area contributed by atoms with Crippen molar-refractivity contribution >= 4 is 11.6 Å². The van der Waals surface area contributed by atoms with Crippen molar-refractivity contribution in [3.8, 4) is 0 Å². The second-order valence-corrected chi connectivity index (χ2v) is 3.96. The molecule has 3 nitrogen and oxygen atoms in total. The fraction of sp³-hybridized carbons (Fsp3) is 0.417. The van der Waals surface area contributed by atoms with Crippen molar-refractivity contribution in [3.63, 3.8) is 0 Å². The van der Waals surface area contributed by atoms with Gasteiger partial charge in [-0.3, -0.25) is 4.79 Å². The molecule has 1 aromatic rings. The molecule has 0 atom stereocenters. The van der Waals surface area contributed by atoms with Crippen LogP contribution in [0, 0.1) is 13.8 Å². The van der Waals surface area contributed by atoms with Gasteiger partial charge in [0.15, 0.2) is 0 Å². The number of nitrogens with zero attached hydrogens (tertiary/aromatic N) is 1. The molecular weight excluding hydrogens is 188 g/mol. The van der Waals surface area contributed by atoms with Crippen molar-refractivity contribution < 1.29 is 4.79 Å². The summed E-state index contributed by atoms with van der Waals surface area (Å²) in [5.74, 6) is 0.165. The van der Waals surface area contributed by atoms with Gasteiger partial charge in [-0.15, -0.1) is 0 Å². The van der Waals surface area contributed by atoms with E-state index in [2.05, 4.69) is 31.3 Å². The molecule has 3 heteroatoms. The van der Waals surface area contributed by atoms with Gasteiger partial charge in [-0.05, 0) is 25.0 Å². The summed E-state index contributed by atoms with van der Waals surface area (Å²) >= 11 is 0. The van der Waals surface area contributed by atoms with Crippen LogP contribution in [0.1, 0.15) is 11.1 Å². The fourth-order valence-corrected chi connectivity index (χ4v) is 2.07. The molecule has 1 heterocycles. The van der Waals surface area contributed by atoms with Crippen LogP contribution < -0.4 is 10.2 Å². The first-order valence-electron chi connectivity index (χ1n) is 5.27. The van der Waals surface area contributed by atoms with Crippen LogP contribution in [-0.4, -0.2) is 25.5 Å². The van der Waals surface area contributed by atoms with Gasteiger partial charge in [-0.1, -0.05) is 18.2 Å². The number of para-hydroxylation sites is 1. The Labute approximate surface area is 90.1 Å². The average molecular weight is 204 g/mol. The molecule has 0 spiro atoms. The van der Waals surface area contributed by atoms with Crippen molar-refractivity contribution in [3.05, 3.63) is 29.3 Å². The van der Waals surface area contributed by atoms with Gasteiger partial charge >= 0.3 is 0 Å². The molecule has 1 saturated heterocycles. The summed E-state index contributed by atoms with van der Waals surface area (Å²) < 4.78 is 0. The van der Waals surface area contributed by atoms with Crippen LogP contribution in [0.5, 0.6) is 0 Å². The lowest BCUT2D eigenvalue weighted by atomic mass is 10.1. The molecule has 0 unspecified atom stereocenters. The number of hydrogen-bond donors (Lipinski definition) is 1. The SMILES string of the molecule is Cc1cccc(C)c1N1CCNCC1=O. The maximum absolute atomic E-state index is 11.8. The highest BCUT2D eigenvalue weighted by Gasteiger charge is 2.21. The third kappa shape index (κ3) is 1.88. The minimum absolute atomic E-state index is 0.165. The number of carbonyl (C=O) groups is 1. The quantitative estimate of drug-likeness (QED) is 0.746. The molecule has 0 radical (unpaired) electrons. The molecule has 0 bridgehead atoms. The van der Waals surface area contributed by atoms with Gasteiger partial charge in [-0.25, -0.2) is 0 Å². The van der Waals surface area contributed by atoms with E-state index in [9.17, 15) is 4.79 Å². The van der Waals surface area contributed by atoms with E-state index in [0.29, 0.717) is 6.54 Å². The highest BCUT2D eigenvalue weighted by Crippen LogP contribution is 2.24. The summed E-state index contributed by atoms with van der Waals surface area (Å²) in [5, 5.41) is 3.08. The van der Waals surface area contributed by atoms with E-state index < -0.39 is 0 Å². The third-order valence-electron chi connectivity index (χ3n) is 2.80. The number of piperazine rings is 1. The molecule has 1 aliphatic heterocycles. The van der Waals surface area contributed by atoms with E-state index in [0.717, 1.165) is 18.8 Å². The first-order valence-corrected chi connectivity index (χ1v) is 5.27. The zero-order valence-electron chi connectivity index (χ0n) is 9.21. The Balaban J connectivity index is 2.39. The summed E-state index contributed by atoms with van der Waals surface area (Å²) in [6, 6.07) is 6.14. The van der Waals surface area contributed by atoms with Crippen LogP contribution in [-0.2, 0) is 4.79 Å². The van der Waals surface area contributed by atoms with Crippen LogP contribution in [0.25, 0.3) is 0 Å². The number of carbonyl (C=O) groups excluding carboxylic acids is 1. The van der Waals surface area contributed by atoms with Gasteiger partial charge in [0.2, 0.25) is 5.91 Å². The van der Waals surface area contributed by atoms with Crippen molar-refractivity contribution in [2.24, 2.45) is 0 Å². The summed E-state index contributed by atoms with van der Waals surface area (Å²) in [6.45, 7) is 6.20. The molecule has 1 aliphatic rings. The largest absolute Gasteiger partial charge is 0.310 e. The molecule has 2 rings (SSSR count). The zero-order valence-corrected chi connectivity index (χ0v) is 9.21. The van der Waals surface area contributed by atoms with Gasteiger partial charge in [0, 0.05) is 18.8 Å². The maximum Gasteiger partial charge on any atom is 0.240 e. The Bertz CT molecular complexity index is 367. The lowest BCUT2D eigenvalue weighted by Crippen LogP contribution is -2.48. The topological polar surface area (TPSA) is 32.3 Å². The Morgan fingerprint density at radius 3 is 2.53 bits per heavy atom. The lowest BCUT2D eigenvalue weighted by Gasteiger charge is -2.30. The minimum atomic E-state index is 0.165. The molecule has 1 fully saturated rings. The molecular formula is C12H16N2O. The van der Waals surface area contributed by atoms with E-state index in [4.69, 9.17) is 0 Å². The Hall–Kier alpha value is -1.35. The minimum Gasteiger partial charge on any atom is -0.310 e. The molecule has 1 aromatic carbocycles. The van der Waals surface area contributed by atoms with Crippen LogP contribution >= 0.6 is 0 Å². The Morgan fingerprint density at radius 2 is 1.93 bits per heavy atom. The van der Waals surface area contributed by atoms with E-state index >= 15 is 0 Å². The molecule has 0 aromatic heterocycles. The molecule has 80 valence electrons. The van der Waals surface area contributed by atoms with Gasteiger partial charge in [0.25, 0.3) is 0 Å². The predicted octanol–water partition coefficient (Wildman–Crippen LogP) is 1.24. The van der Waals surface area contributed by atoms with E-state index in [1.165, 1.54) is 11.1 Å². The summed E-state index contributed by atoms with van der Waals surface area (Å²) in [6.07, 6.45) is 0. The normalized spacial score (nSPS) is 16.9. The second-order valence-electron chi connectivity index (χ2n) is 3.96. The van der Waals surface area contributed by atoms with E-state index in [1.54, 1.807) is 0 Å². The first kappa shape index (κ1) is 10.2. The second kappa shape index (κ2) is 4.03. The smallest absolute Gasteiger partial charge is 0.240 e. The van der Waals surface area contributed by atoms with Crippen molar-refractivity contribution in [2.75, 3.05) is 24.5 Å². The number of nitrogens with one attached hydrogen (secondary N) is 1. The Morgan fingerprint density at radius 1 is 1.27 bits per heavy atom. The molecule has 0 saturated carbocycles. The van der Waals surface area contributed by atoms with Gasteiger partial charge in [0.05, 0.1) is 6.54 Å². The third-order valence-corrected chi connectivity index (χ3v) is 2.80. The number of rotatable bonds is 1.